The Morgan fingerprint density at radius 2 is 1.46 bits per heavy atom. The molecule has 0 bridgehead atoms. The Morgan fingerprint density at radius 3 is 2.06 bits per heavy atom. The number of carbonyl (C=O) groups is 4. The molecule has 1 aliphatic carbocycles. The number of ketones is 2. The predicted octanol–water partition coefficient (Wildman–Crippen LogP) is 5.45. The molecule has 2 fully saturated rings. The van der Waals surface area contributed by atoms with Crippen LogP contribution in [0.2, 0.25) is 10.0 Å². The number of hydrogen-bond acceptors (Lipinski definition) is 5. The Bertz CT molecular complexity index is 1440. The van der Waals surface area contributed by atoms with Crippen LogP contribution in [0.4, 0.5) is 5.69 Å². The zero-order chi connectivity index (χ0) is 24.6. The number of Topliss-reactive ketones (excluding diaryl/α,β-unsaturated/α-hetero) is 2. The van der Waals surface area contributed by atoms with Crippen molar-refractivity contribution in [2.24, 2.45) is 11.8 Å². The molecule has 2 aliphatic heterocycles. The second-order valence-corrected chi connectivity index (χ2v) is 10.4. The monoisotopic (exact) mass is 569 g/mol. The lowest BCUT2D eigenvalue weighted by atomic mass is 9.77. The minimum absolute atomic E-state index is 0.170. The Hall–Kier alpha value is -2.84. The van der Waals surface area contributed by atoms with Gasteiger partial charge in [0.2, 0.25) is 29.0 Å². The van der Waals surface area contributed by atoms with Crippen LogP contribution in [0.25, 0.3) is 0 Å². The van der Waals surface area contributed by atoms with Gasteiger partial charge in [-0.3, -0.25) is 19.2 Å². The molecule has 0 N–H and O–H groups in total. The fourth-order valence-corrected chi connectivity index (χ4v) is 6.28. The number of amides is 2. The number of imide groups is 1. The Balaban J connectivity index is 1.56. The molecule has 0 saturated carbocycles. The minimum atomic E-state index is -2.15. The van der Waals surface area contributed by atoms with Crippen LogP contribution in [0.15, 0.2) is 71.2 Å². The summed E-state index contributed by atoms with van der Waals surface area (Å²) >= 11 is 15.9. The third-order valence-electron chi connectivity index (χ3n) is 6.87. The molecule has 3 atom stereocenters. The van der Waals surface area contributed by atoms with Crippen molar-refractivity contribution in [2.45, 2.75) is 11.7 Å². The molecule has 9 heteroatoms. The fourth-order valence-electron chi connectivity index (χ4n) is 5.38. The van der Waals surface area contributed by atoms with Gasteiger partial charge >= 0.3 is 0 Å². The number of halogens is 3. The summed E-state index contributed by atoms with van der Waals surface area (Å²) in [6.07, 6.45) is -1.09. The number of hydrogen-bond donors (Lipinski definition) is 0. The van der Waals surface area contributed by atoms with Gasteiger partial charge in [-0.15, -0.1) is 0 Å². The second-order valence-electron chi connectivity index (χ2n) is 8.64. The first kappa shape index (κ1) is 22.6. The number of carbonyl (C=O) groups excluding carboxylic acids is 4. The molecule has 6 nitrogen and oxygen atoms in total. The van der Waals surface area contributed by atoms with Gasteiger partial charge in [0.15, 0.2) is 0 Å². The number of fused-ring (bicyclic) bond motifs is 3. The van der Waals surface area contributed by atoms with Crippen molar-refractivity contribution in [3.8, 4) is 0 Å². The fraction of sp³-hybridized carbons (Fsp3) is 0.154. The Morgan fingerprint density at radius 1 is 0.829 bits per heavy atom. The lowest BCUT2D eigenvalue weighted by molar-refractivity contribution is -0.127. The largest absolute Gasteiger partial charge is 0.349 e. The van der Waals surface area contributed by atoms with E-state index in [9.17, 15) is 19.2 Å². The van der Waals surface area contributed by atoms with Crippen molar-refractivity contribution >= 4 is 68.2 Å². The van der Waals surface area contributed by atoms with E-state index in [-0.39, 0.29) is 16.1 Å². The van der Waals surface area contributed by atoms with Crippen molar-refractivity contribution in [2.75, 3.05) is 4.90 Å². The van der Waals surface area contributed by atoms with Crippen LogP contribution in [0.3, 0.4) is 0 Å². The third-order valence-corrected chi connectivity index (χ3v) is 7.95. The Labute approximate surface area is 217 Å². The molecule has 3 aromatic carbocycles. The molecule has 3 aliphatic rings. The second kappa shape index (κ2) is 7.83. The van der Waals surface area contributed by atoms with Gasteiger partial charge in [-0.1, -0.05) is 69.5 Å². The zero-order valence-corrected chi connectivity index (χ0v) is 20.8. The molecule has 6 rings (SSSR count). The van der Waals surface area contributed by atoms with Crippen molar-refractivity contribution in [3.05, 3.63) is 97.9 Å². The van der Waals surface area contributed by atoms with Gasteiger partial charge in [0.1, 0.15) is 0 Å². The molecule has 1 spiro atoms. The quantitative estimate of drug-likeness (QED) is 0.302. The first-order chi connectivity index (χ1) is 16.8. The smallest absolute Gasteiger partial charge is 0.241 e. The average Bonchev–Trinajstić information content (AvgIpc) is 3.40. The van der Waals surface area contributed by atoms with Crippen LogP contribution >= 0.6 is 39.1 Å². The summed E-state index contributed by atoms with van der Waals surface area (Å²) in [6, 6.07) is 17.5. The molecular weight excluding hydrogens is 557 g/mol. The number of benzene rings is 3. The first-order valence-electron chi connectivity index (χ1n) is 10.7. The van der Waals surface area contributed by atoms with Crippen molar-refractivity contribution in [1.82, 2.24) is 0 Å². The number of ether oxygens (including phenoxy) is 1. The van der Waals surface area contributed by atoms with Gasteiger partial charge < -0.3 is 4.74 Å². The van der Waals surface area contributed by atoms with E-state index in [0.29, 0.717) is 20.7 Å². The van der Waals surface area contributed by atoms with Crippen LogP contribution in [-0.4, -0.2) is 29.0 Å². The highest BCUT2D eigenvalue weighted by atomic mass is 79.9. The van der Waals surface area contributed by atoms with Crippen molar-refractivity contribution in [3.63, 3.8) is 0 Å². The molecule has 2 amide bonds. The molecule has 3 aromatic rings. The molecule has 0 aromatic heterocycles. The van der Waals surface area contributed by atoms with E-state index in [1.54, 1.807) is 54.6 Å². The molecule has 3 unspecified atom stereocenters. The summed E-state index contributed by atoms with van der Waals surface area (Å²) in [5.41, 5.74) is -1.10. The number of anilines is 1. The maximum atomic E-state index is 13.8. The minimum Gasteiger partial charge on any atom is -0.349 e. The highest BCUT2D eigenvalue weighted by Gasteiger charge is 2.74. The van der Waals surface area contributed by atoms with E-state index >= 15 is 0 Å². The van der Waals surface area contributed by atoms with Crippen molar-refractivity contribution in [1.29, 1.82) is 0 Å². The standard InChI is InChI=1S/C26H14BrCl2NO5/c27-12-5-10-17(18(29)11-12)21-19-20(25(34)30(24(19)33)14-8-6-13(28)7-9-14)26(35-21)22(31)15-3-1-2-4-16(15)23(26)32/h1-11,19-21H. The van der Waals surface area contributed by atoms with E-state index in [0.717, 1.165) is 4.90 Å². The van der Waals surface area contributed by atoms with Crippen LogP contribution in [0.1, 0.15) is 32.4 Å². The maximum absolute atomic E-state index is 13.8. The van der Waals surface area contributed by atoms with E-state index < -0.39 is 46.9 Å². The average molecular weight is 571 g/mol. The molecule has 2 heterocycles. The summed E-state index contributed by atoms with van der Waals surface area (Å²) < 4.78 is 6.95. The predicted molar refractivity (Wildman–Crippen MR) is 132 cm³/mol. The van der Waals surface area contributed by atoms with Crippen LogP contribution in [0, 0.1) is 11.8 Å². The molecular formula is C26H14BrCl2NO5. The van der Waals surface area contributed by atoms with Crippen LogP contribution in [0.5, 0.6) is 0 Å². The maximum Gasteiger partial charge on any atom is 0.241 e. The summed E-state index contributed by atoms with van der Waals surface area (Å²) in [4.78, 5) is 56.1. The molecule has 174 valence electrons. The summed E-state index contributed by atoms with van der Waals surface area (Å²) in [7, 11) is 0. The topological polar surface area (TPSA) is 80.8 Å². The molecule has 2 saturated heterocycles. The molecule has 0 radical (unpaired) electrons. The molecule has 35 heavy (non-hydrogen) atoms. The van der Waals surface area contributed by atoms with E-state index in [4.69, 9.17) is 27.9 Å². The first-order valence-corrected chi connectivity index (χ1v) is 12.3. The van der Waals surface area contributed by atoms with Crippen molar-refractivity contribution < 1.29 is 23.9 Å². The van der Waals surface area contributed by atoms with Gasteiger partial charge in [0.05, 0.1) is 23.6 Å². The summed E-state index contributed by atoms with van der Waals surface area (Å²) in [6.45, 7) is 0. The third kappa shape index (κ3) is 2.99. The number of nitrogens with zero attached hydrogens (tertiary/aromatic N) is 1. The van der Waals surface area contributed by atoms with E-state index in [2.05, 4.69) is 15.9 Å². The number of rotatable bonds is 2. The van der Waals surface area contributed by atoms with E-state index in [1.165, 1.54) is 12.1 Å². The van der Waals surface area contributed by atoms with E-state index in [1.807, 2.05) is 0 Å². The summed E-state index contributed by atoms with van der Waals surface area (Å²) in [5, 5.41) is 0.713. The van der Waals surface area contributed by atoms with Gasteiger partial charge in [-0.2, -0.15) is 0 Å². The zero-order valence-electron chi connectivity index (χ0n) is 17.7. The van der Waals surface area contributed by atoms with Gasteiger partial charge in [-0.25, -0.2) is 4.90 Å². The van der Waals surface area contributed by atoms with Gasteiger partial charge in [0.25, 0.3) is 0 Å². The van der Waals surface area contributed by atoms with Gasteiger partial charge in [0, 0.05) is 31.2 Å². The lowest BCUT2D eigenvalue weighted by Gasteiger charge is -2.27. The van der Waals surface area contributed by atoms with Crippen LogP contribution in [-0.2, 0) is 14.3 Å². The SMILES string of the molecule is O=C1C2C(c3ccc(Br)cc3Cl)OC3(C(=O)c4ccccc4C3=O)C2C(=O)N1c1ccc(Cl)cc1. The highest BCUT2D eigenvalue weighted by molar-refractivity contribution is 9.10. The highest BCUT2D eigenvalue weighted by Crippen LogP contribution is 2.58. The Kier molecular flexibility index (Phi) is 5.06. The summed E-state index contributed by atoms with van der Waals surface area (Å²) in [5.74, 6) is -4.96. The van der Waals surface area contributed by atoms with Gasteiger partial charge in [-0.05, 0) is 36.4 Å². The lowest BCUT2D eigenvalue weighted by Crippen LogP contribution is -2.51. The van der Waals surface area contributed by atoms with Crippen LogP contribution < -0.4 is 4.90 Å². The normalized spacial score (nSPS) is 24.4.